The number of hydrogen-bond acceptors (Lipinski definition) is 5. The van der Waals surface area contributed by atoms with Gasteiger partial charge in [-0.2, -0.15) is 0 Å². The second-order valence-electron chi connectivity index (χ2n) is 6.30. The minimum atomic E-state index is -0.279. The van der Waals surface area contributed by atoms with Gasteiger partial charge in [-0.25, -0.2) is 0 Å². The fourth-order valence-electron chi connectivity index (χ4n) is 2.30. The first-order valence-electron chi connectivity index (χ1n) is 8.49. The first-order chi connectivity index (χ1) is 12.4. The minimum absolute atomic E-state index is 0.0410. The van der Waals surface area contributed by atoms with Gasteiger partial charge in [0, 0.05) is 17.8 Å². The molecular weight excluding hydrogens is 350 g/mol. The standard InChI is InChI=1S/C20H23NO4S/c1-14(2)15-5-7-17(8-6-15)25-13-20(23)21-12-19(26)11-16(22)10-18-4-3-9-24-18/h3-9,14H,10-13H2,1-2H3,(H,21,23). The lowest BCUT2D eigenvalue weighted by Gasteiger charge is -2.09. The Morgan fingerprint density at radius 2 is 1.92 bits per heavy atom. The van der Waals surface area contributed by atoms with E-state index in [2.05, 4.69) is 19.2 Å². The van der Waals surface area contributed by atoms with Gasteiger partial charge in [0.25, 0.3) is 5.91 Å². The quantitative estimate of drug-likeness (QED) is 0.646. The molecule has 138 valence electrons. The van der Waals surface area contributed by atoms with Gasteiger partial charge in [0.15, 0.2) is 6.61 Å². The van der Waals surface area contributed by atoms with E-state index in [1.54, 1.807) is 12.1 Å². The molecule has 0 bridgehead atoms. The van der Waals surface area contributed by atoms with Crippen LogP contribution < -0.4 is 10.1 Å². The lowest BCUT2D eigenvalue weighted by molar-refractivity contribution is -0.123. The van der Waals surface area contributed by atoms with Gasteiger partial charge in [-0.15, -0.1) is 0 Å². The van der Waals surface area contributed by atoms with Gasteiger partial charge in [0.05, 0.1) is 12.7 Å². The molecule has 0 fully saturated rings. The Hall–Kier alpha value is -2.47. The number of ketones is 1. The fraction of sp³-hybridized carbons (Fsp3) is 0.350. The summed E-state index contributed by atoms with van der Waals surface area (Å²) in [5.74, 6) is 1.38. The van der Waals surface area contributed by atoms with Crippen LogP contribution in [0.2, 0.25) is 0 Å². The zero-order chi connectivity index (χ0) is 18.9. The number of carbonyl (C=O) groups is 2. The van der Waals surface area contributed by atoms with Crippen molar-refractivity contribution in [3.05, 3.63) is 54.0 Å². The van der Waals surface area contributed by atoms with E-state index in [9.17, 15) is 9.59 Å². The molecule has 0 aliphatic rings. The Morgan fingerprint density at radius 3 is 2.54 bits per heavy atom. The largest absolute Gasteiger partial charge is 0.484 e. The summed E-state index contributed by atoms with van der Waals surface area (Å²) in [4.78, 5) is 24.2. The molecule has 1 N–H and O–H groups in total. The number of benzene rings is 1. The average Bonchev–Trinajstić information content (AvgIpc) is 3.11. The van der Waals surface area contributed by atoms with Crippen molar-refractivity contribution >= 4 is 28.8 Å². The van der Waals surface area contributed by atoms with Crippen molar-refractivity contribution in [1.82, 2.24) is 5.32 Å². The Morgan fingerprint density at radius 1 is 1.19 bits per heavy atom. The number of amides is 1. The van der Waals surface area contributed by atoms with Crippen LogP contribution >= 0.6 is 12.2 Å². The van der Waals surface area contributed by atoms with E-state index in [-0.39, 0.29) is 37.7 Å². The Labute approximate surface area is 158 Å². The number of thiocarbonyl (C=S) groups is 1. The third-order valence-corrected chi connectivity index (χ3v) is 4.03. The molecule has 5 nitrogen and oxygen atoms in total. The summed E-state index contributed by atoms with van der Waals surface area (Å²) in [6.45, 7) is 4.31. The SMILES string of the molecule is CC(C)c1ccc(OCC(=O)NCC(=S)CC(=O)Cc2ccco2)cc1. The van der Waals surface area contributed by atoms with Crippen LogP contribution in [-0.4, -0.2) is 29.7 Å². The van der Waals surface area contributed by atoms with Crippen LogP contribution in [0.5, 0.6) is 5.75 Å². The lowest BCUT2D eigenvalue weighted by atomic mass is 10.0. The maximum absolute atomic E-state index is 11.9. The van der Waals surface area contributed by atoms with E-state index in [1.165, 1.54) is 11.8 Å². The van der Waals surface area contributed by atoms with E-state index < -0.39 is 0 Å². The van der Waals surface area contributed by atoms with E-state index in [1.807, 2.05) is 24.3 Å². The molecule has 6 heteroatoms. The molecule has 2 aromatic rings. The van der Waals surface area contributed by atoms with Gasteiger partial charge in [-0.3, -0.25) is 9.59 Å². The number of nitrogens with one attached hydrogen (secondary N) is 1. The van der Waals surface area contributed by atoms with Crippen molar-refractivity contribution in [3.8, 4) is 5.75 Å². The molecule has 0 saturated heterocycles. The molecule has 0 aliphatic carbocycles. The van der Waals surface area contributed by atoms with E-state index in [4.69, 9.17) is 21.4 Å². The Bertz CT molecular complexity index is 736. The van der Waals surface area contributed by atoms with Crippen molar-refractivity contribution in [2.75, 3.05) is 13.2 Å². The molecule has 26 heavy (non-hydrogen) atoms. The molecule has 1 aromatic heterocycles. The maximum Gasteiger partial charge on any atom is 0.258 e. The van der Waals surface area contributed by atoms with Crippen molar-refractivity contribution in [1.29, 1.82) is 0 Å². The summed E-state index contributed by atoms with van der Waals surface area (Å²) in [6, 6.07) is 11.1. The molecular formula is C20H23NO4S. The molecule has 0 radical (unpaired) electrons. The van der Waals surface area contributed by atoms with E-state index in [0.29, 0.717) is 22.3 Å². The number of rotatable bonds is 10. The van der Waals surface area contributed by atoms with E-state index >= 15 is 0 Å². The van der Waals surface area contributed by atoms with Gasteiger partial charge >= 0.3 is 0 Å². The highest BCUT2D eigenvalue weighted by Gasteiger charge is 2.10. The highest BCUT2D eigenvalue weighted by atomic mass is 32.1. The molecule has 2 rings (SSSR count). The van der Waals surface area contributed by atoms with Crippen molar-refractivity contribution in [3.63, 3.8) is 0 Å². The molecule has 1 heterocycles. The average molecular weight is 373 g/mol. The molecule has 0 unspecified atom stereocenters. The van der Waals surface area contributed by atoms with Crippen LogP contribution in [-0.2, 0) is 16.0 Å². The third-order valence-electron chi connectivity index (χ3n) is 3.75. The molecule has 1 amide bonds. The van der Waals surface area contributed by atoms with Gasteiger partial charge < -0.3 is 14.5 Å². The van der Waals surface area contributed by atoms with E-state index in [0.717, 1.165) is 0 Å². The third kappa shape index (κ3) is 6.80. The normalized spacial score (nSPS) is 10.6. The minimum Gasteiger partial charge on any atom is -0.484 e. The highest BCUT2D eigenvalue weighted by Crippen LogP contribution is 2.18. The Balaban J connectivity index is 1.66. The van der Waals surface area contributed by atoms with Crippen molar-refractivity contribution < 1.29 is 18.7 Å². The zero-order valence-corrected chi connectivity index (χ0v) is 15.8. The number of hydrogen-bond donors (Lipinski definition) is 1. The van der Waals surface area contributed by atoms with Crippen LogP contribution in [0.15, 0.2) is 47.1 Å². The van der Waals surface area contributed by atoms with Gasteiger partial charge in [0.1, 0.15) is 17.3 Å². The summed E-state index contributed by atoms with van der Waals surface area (Å²) < 4.78 is 10.6. The van der Waals surface area contributed by atoms with Gasteiger partial charge in [0.2, 0.25) is 0 Å². The van der Waals surface area contributed by atoms with Gasteiger partial charge in [-0.1, -0.05) is 38.2 Å². The number of carbonyl (C=O) groups excluding carboxylic acids is 2. The monoisotopic (exact) mass is 373 g/mol. The summed E-state index contributed by atoms with van der Waals surface area (Å²) in [7, 11) is 0. The molecule has 0 saturated carbocycles. The lowest BCUT2D eigenvalue weighted by Crippen LogP contribution is -2.33. The van der Waals surface area contributed by atoms with Crippen LogP contribution in [0.4, 0.5) is 0 Å². The Kier molecular flexibility index (Phi) is 7.53. The summed E-state index contributed by atoms with van der Waals surface area (Å²) in [6.07, 6.45) is 1.86. The molecule has 0 spiro atoms. The number of ether oxygens (including phenoxy) is 1. The molecule has 0 aliphatic heterocycles. The smallest absolute Gasteiger partial charge is 0.258 e. The van der Waals surface area contributed by atoms with Crippen LogP contribution in [0.25, 0.3) is 0 Å². The zero-order valence-electron chi connectivity index (χ0n) is 15.0. The first-order valence-corrected chi connectivity index (χ1v) is 8.90. The van der Waals surface area contributed by atoms with Crippen molar-refractivity contribution in [2.45, 2.75) is 32.6 Å². The predicted molar refractivity (Wildman–Crippen MR) is 104 cm³/mol. The van der Waals surface area contributed by atoms with Crippen LogP contribution in [0, 0.1) is 0 Å². The van der Waals surface area contributed by atoms with Crippen LogP contribution in [0.1, 0.15) is 37.5 Å². The second-order valence-corrected chi connectivity index (χ2v) is 6.88. The topological polar surface area (TPSA) is 68.5 Å². The summed E-state index contributed by atoms with van der Waals surface area (Å²) in [5, 5.41) is 2.67. The number of Topliss-reactive ketones (excluding diaryl/α,β-unsaturated/α-hetero) is 1. The molecule has 1 aromatic carbocycles. The predicted octanol–water partition coefficient (Wildman–Crippen LogP) is 3.47. The van der Waals surface area contributed by atoms with Crippen LogP contribution in [0.3, 0.4) is 0 Å². The first kappa shape index (κ1) is 19.8. The summed E-state index contributed by atoms with van der Waals surface area (Å²) >= 11 is 5.15. The maximum atomic E-state index is 11.9. The highest BCUT2D eigenvalue weighted by molar-refractivity contribution is 7.80. The number of furan rings is 1. The molecule has 0 atom stereocenters. The summed E-state index contributed by atoms with van der Waals surface area (Å²) in [5.41, 5.74) is 1.21. The fourth-order valence-corrected chi connectivity index (χ4v) is 2.53. The van der Waals surface area contributed by atoms with Crippen molar-refractivity contribution in [2.24, 2.45) is 0 Å². The van der Waals surface area contributed by atoms with Gasteiger partial charge in [-0.05, 0) is 35.7 Å². The second kappa shape index (κ2) is 9.87.